The number of ketones is 1. The van der Waals surface area contributed by atoms with Crippen LogP contribution in [0.4, 0.5) is 10.9 Å². The number of carbonyl (C=O) groups is 2. The topological polar surface area (TPSA) is 147 Å². The minimum absolute atomic E-state index is 0.0519. The molecule has 0 saturated heterocycles. The van der Waals surface area contributed by atoms with E-state index in [2.05, 4.69) is 26.6 Å². The molecule has 1 amide bonds. The highest BCUT2D eigenvalue weighted by Gasteiger charge is 2.46. The number of nitriles is 1. The summed E-state index contributed by atoms with van der Waals surface area (Å²) < 4.78 is 6.13. The van der Waals surface area contributed by atoms with Gasteiger partial charge in [-0.2, -0.15) is 5.26 Å². The van der Waals surface area contributed by atoms with Crippen molar-refractivity contribution in [2.75, 3.05) is 23.1 Å². The first kappa shape index (κ1) is 28.6. The number of nitrogens with zero attached hydrogens (tertiary/aromatic N) is 5. The molecule has 3 aromatic rings. The highest BCUT2D eigenvalue weighted by Crippen LogP contribution is 2.52. The number of Topliss-reactive ketones (excluding diaryl/α,β-unsaturated/α-hetero) is 1. The third-order valence-electron chi connectivity index (χ3n) is 6.74. The van der Waals surface area contributed by atoms with Crippen LogP contribution in [0.25, 0.3) is 0 Å². The van der Waals surface area contributed by atoms with Crippen LogP contribution in [0.1, 0.15) is 38.2 Å². The monoisotopic (exact) mass is 607 g/mol. The zero-order valence-electron chi connectivity index (χ0n) is 22.5. The average molecular weight is 608 g/mol. The fraction of sp³-hybridized carbons (Fsp3) is 0.286. The van der Waals surface area contributed by atoms with Gasteiger partial charge in [-0.3, -0.25) is 14.5 Å². The van der Waals surface area contributed by atoms with Gasteiger partial charge in [0.15, 0.2) is 10.1 Å². The van der Waals surface area contributed by atoms with E-state index in [0.29, 0.717) is 55.7 Å². The number of thioether (sulfide) groups is 1. The van der Waals surface area contributed by atoms with Crippen LogP contribution in [-0.2, 0) is 9.59 Å². The number of halogens is 1. The molecule has 0 spiro atoms. The number of benzene rings is 1. The number of nitrogens with two attached hydrogens (primary N) is 1. The normalized spacial score (nSPS) is 18.2. The summed E-state index contributed by atoms with van der Waals surface area (Å²) in [5, 5.41) is 22.5. The molecule has 1 aromatic carbocycles. The summed E-state index contributed by atoms with van der Waals surface area (Å²) in [5.74, 6) is 0.228. The van der Waals surface area contributed by atoms with E-state index in [-0.39, 0.29) is 34.3 Å². The Morgan fingerprint density at radius 1 is 1.29 bits per heavy atom. The fourth-order valence-electron chi connectivity index (χ4n) is 5.05. The maximum atomic E-state index is 13.7. The van der Waals surface area contributed by atoms with Crippen molar-refractivity contribution in [3.8, 4) is 11.8 Å². The number of pyridine rings is 1. The zero-order chi connectivity index (χ0) is 29.3. The molecule has 0 saturated carbocycles. The van der Waals surface area contributed by atoms with Crippen LogP contribution in [0.5, 0.6) is 5.75 Å². The predicted molar refractivity (Wildman–Crippen MR) is 159 cm³/mol. The molecule has 1 aliphatic carbocycles. The Balaban J connectivity index is 1.48. The van der Waals surface area contributed by atoms with Crippen molar-refractivity contribution in [2.45, 2.75) is 36.9 Å². The summed E-state index contributed by atoms with van der Waals surface area (Å²) in [7, 11) is 1.56. The Morgan fingerprint density at radius 2 is 2.07 bits per heavy atom. The summed E-state index contributed by atoms with van der Waals surface area (Å²) in [6, 6.07) is 12.8. The van der Waals surface area contributed by atoms with E-state index in [9.17, 15) is 14.9 Å². The molecule has 5 rings (SSSR count). The largest absolute Gasteiger partial charge is 0.496 e. The third kappa shape index (κ3) is 5.79. The first-order chi connectivity index (χ1) is 19.6. The van der Waals surface area contributed by atoms with Crippen LogP contribution in [-0.4, -0.2) is 39.7 Å². The fourth-order valence-corrected chi connectivity index (χ4v) is 6.84. The van der Waals surface area contributed by atoms with Crippen LogP contribution in [0.15, 0.2) is 69.6 Å². The van der Waals surface area contributed by atoms with Crippen LogP contribution >= 0.6 is 34.7 Å². The number of methoxy groups -OCH3 is 1. The van der Waals surface area contributed by atoms with E-state index < -0.39 is 5.92 Å². The number of carbonyl (C=O) groups excluding carboxylic acids is 2. The molecule has 10 nitrogen and oxygen atoms in total. The Kier molecular flexibility index (Phi) is 8.04. The van der Waals surface area contributed by atoms with Crippen molar-refractivity contribution in [1.82, 2.24) is 15.2 Å². The molecule has 0 radical (unpaired) electrons. The average Bonchev–Trinajstić information content (AvgIpc) is 3.40. The molecule has 1 atom stereocenters. The predicted octanol–water partition coefficient (Wildman–Crippen LogP) is 5.27. The molecule has 2 aliphatic rings. The standard InChI is InChI=1S/C28H26ClN7O3S2/c1-28(2)10-18-24(19(37)11-28)23(16-6-4-5-7-20(16)39-3)17(12-30)25(31)36(18)26-34-35-27(41-26)40-14-22(38)33-21-9-8-15(29)13-32-21/h4-9,13,23H,10-11,14,31H2,1-3H3,(H,32,33,38). The highest BCUT2D eigenvalue weighted by atomic mass is 35.5. The molecule has 41 heavy (non-hydrogen) atoms. The number of para-hydroxylation sites is 1. The lowest BCUT2D eigenvalue weighted by Crippen LogP contribution is -2.42. The Bertz CT molecular complexity index is 1630. The Hall–Kier alpha value is -3.92. The highest BCUT2D eigenvalue weighted by molar-refractivity contribution is 8.01. The maximum Gasteiger partial charge on any atom is 0.235 e. The zero-order valence-corrected chi connectivity index (χ0v) is 24.9. The van der Waals surface area contributed by atoms with Gasteiger partial charge in [0.1, 0.15) is 17.4 Å². The Morgan fingerprint density at radius 3 is 2.78 bits per heavy atom. The van der Waals surface area contributed by atoms with Gasteiger partial charge < -0.3 is 15.8 Å². The lowest BCUT2D eigenvalue weighted by Gasteiger charge is -2.42. The van der Waals surface area contributed by atoms with Crippen molar-refractivity contribution < 1.29 is 14.3 Å². The molecule has 0 fully saturated rings. The van der Waals surface area contributed by atoms with E-state index in [4.69, 9.17) is 22.1 Å². The number of rotatable bonds is 7. The number of aromatic nitrogens is 3. The van der Waals surface area contributed by atoms with E-state index in [0.717, 1.165) is 0 Å². The van der Waals surface area contributed by atoms with E-state index in [1.807, 2.05) is 32.0 Å². The smallest absolute Gasteiger partial charge is 0.235 e. The number of hydrogen-bond donors (Lipinski definition) is 2. The summed E-state index contributed by atoms with van der Waals surface area (Å²) in [4.78, 5) is 31.9. The van der Waals surface area contributed by atoms with Crippen molar-refractivity contribution in [1.29, 1.82) is 5.26 Å². The molecule has 3 heterocycles. The second kappa shape index (κ2) is 11.5. The summed E-state index contributed by atoms with van der Waals surface area (Å²) >= 11 is 8.28. The van der Waals surface area contributed by atoms with Gasteiger partial charge >= 0.3 is 0 Å². The molecule has 13 heteroatoms. The second-order valence-electron chi connectivity index (χ2n) is 10.3. The van der Waals surface area contributed by atoms with Crippen LogP contribution in [0.2, 0.25) is 5.02 Å². The van der Waals surface area contributed by atoms with Crippen LogP contribution < -0.4 is 20.7 Å². The van der Waals surface area contributed by atoms with Gasteiger partial charge in [-0.25, -0.2) is 4.98 Å². The number of anilines is 2. The molecule has 2 aromatic heterocycles. The number of amides is 1. The summed E-state index contributed by atoms with van der Waals surface area (Å²) in [6.45, 7) is 4.06. The molecular weight excluding hydrogens is 582 g/mol. The Labute approximate surface area is 250 Å². The van der Waals surface area contributed by atoms with Gasteiger partial charge in [-0.05, 0) is 30.0 Å². The first-order valence-electron chi connectivity index (χ1n) is 12.6. The van der Waals surface area contributed by atoms with E-state index >= 15 is 0 Å². The summed E-state index contributed by atoms with van der Waals surface area (Å²) in [5.41, 5.74) is 8.51. The van der Waals surface area contributed by atoms with Gasteiger partial charge in [0.05, 0.1) is 35.4 Å². The molecule has 1 unspecified atom stereocenters. The van der Waals surface area contributed by atoms with Gasteiger partial charge in [-0.15, -0.1) is 10.2 Å². The van der Waals surface area contributed by atoms with Crippen molar-refractivity contribution in [3.05, 3.63) is 75.8 Å². The molecule has 1 aliphatic heterocycles. The molecule has 3 N–H and O–H groups in total. The summed E-state index contributed by atoms with van der Waals surface area (Å²) in [6.07, 6.45) is 2.32. The molecule has 210 valence electrons. The number of nitrogens with one attached hydrogen (secondary N) is 1. The minimum atomic E-state index is -0.669. The lowest BCUT2D eigenvalue weighted by molar-refractivity contribution is -0.118. The van der Waals surface area contributed by atoms with Crippen molar-refractivity contribution in [3.63, 3.8) is 0 Å². The van der Waals surface area contributed by atoms with Crippen LogP contribution in [0, 0.1) is 16.7 Å². The van der Waals surface area contributed by atoms with E-state index in [1.165, 1.54) is 29.3 Å². The van der Waals surface area contributed by atoms with Crippen molar-refractivity contribution >= 4 is 57.3 Å². The number of allylic oxidation sites excluding steroid dienone is 3. The van der Waals surface area contributed by atoms with E-state index in [1.54, 1.807) is 30.2 Å². The minimum Gasteiger partial charge on any atom is -0.496 e. The number of hydrogen-bond acceptors (Lipinski definition) is 11. The third-order valence-corrected chi connectivity index (χ3v) is 9.00. The van der Waals surface area contributed by atoms with Crippen LogP contribution in [0.3, 0.4) is 0 Å². The van der Waals surface area contributed by atoms with Crippen molar-refractivity contribution in [2.24, 2.45) is 11.1 Å². The van der Waals surface area contributed by atoms with Gasteiger partial charge in [0.2, 0.25) is 11.0 Å². The van der Waals surface area contributed by atoms with Gasteiger partial charge in [-0.1, -0.05) is 66.7 Å². The van der Waals surface area contributed by atoms with Gasteiger partial charge in [0, 0.05) is 29.5 Å². The second-order valence-corrected chi connectivity index (χ2v) is 12.9. The quantitative estimate of drug-likeness (QED) is 0.340. The lowest BCUT2D eigenvalue weighted by atomic mass is 9.68. The maximum absolute atomic E-state index is 13.7. The number of ether oxygens (including phenoxy) is 1. The first-order valence-corrected chi connectivity index (χ1v) is 14.8. The molecular formula is C28H26ClN7O3S2. The SMILES string of the molecule is COc1ccccc1C1C(C#N)=C(N)N(c2nnc(SCC(=O)Nc3ccc(Cl)cn3)s2)C2=C1C(=O)CC(C)(C)C2. The van der Waals surface area contributed by atoms with Gasteiger partial charge in [0.25, 0.3) is 0 Å². The molecule has 0 bridgehead atoms.